The van der Waals surface area contributed by atoms with Crippen molar-refractivity contribution in [1.29, 1.82) is 0 Å². The lowest BCUT2D eigenvalue weighted by molar-refractivity contribution is -0.143. The number of hydrogen-bond acceptors (Lipinski definition) is 4. The Morgan fingerprint density at radius 1 is 1.07 bits per heavy atom. The molecule has 2 aromatic rings. The summed E-state index contributed by atoms with van der Waals surface area (Å²) in [5.74, 6) is -1.53. The molecule has 0 heterocycles. The van der Waals surface area contributed by atoms with Gasteiger partial charge < -0.3 is 15.4 Å². The molecule has 1 atom stereocenters. The molecule has 2 amide bonds. The third kappa shape index (κ3) is 7.08. The van der Waals surface area contributed by atoms with Crippen LogP contribution in [0.1, 0.15) is 25.0 Å². The van der Waals surface area contributed by atoms with Crippen LogP contribution in [0.5, 0.6) is 0 Å². The van der Waals surface area contributed by atoms with Crippen molar-refractivity contribution in [2.24, 2.45) is 0 Å². The Morgan fingerprint density at radius 3 is 2.34 bits per heavy atom. The first-order chi connectivity index (χ1) is 13.9. The largest absolute Gasteiger partial charge is 0.452 e. The Balaban J connectivity index is 2.10. The molecule has 6 nitrogen and oxygen atoms in total. The molecule has 0 saturated carbocycles. The van der Waals surface area contributed by atoms with Crippen molar-refractivity contribution < 1.29 is 19.1 Å². The SMILES string of the molecule is CCNC(=O)[C@H](C)NC(=O)COC(=O)/C(=C/c1ccccc1)c1ccc(Cl)cc1. The van der Waals surface area contributed by atoms with Gasteiger partial charge in [-0.3, -0.25) is 9.59 Å². The van der Waals surface area contributed by atoms with Crippen LogP contribution in [0.2, 0.25) is 5.02 Å². The maximum Gasteiger partial charge on any atom is 0.339 e. The summed E-state index contributed by atoms with van der Waals surface area (Å²) in [4.78, 5) is 36.4. The zero-order valence-electron chi connectivity index (χ0n) is 16.3. The third-order valence-electron chi connectivity index (χ3n) is 3.94. The molecule has 7 heteroatoms. The van der Waals surface area contributed by atoms with E-state index in [0.29, 0.717) is 17.1 Å². The van der Waals surface area contributed by atoms with Crippen molar-refractivity contribution in [2.75, 3.05) is 13.2 Å². The number of esters is 1. The van der Waals surface area contributed by atoms with Crippen LogP contribution in [0.25, 0.3) is 11.6 Å². The summed E-state index contributed by atoms with van der Waals surface area (Å²) in [6.07, 6.45) is 1.68. The van der Waals surface area contributed by atoms with E-state index in [1.807, 2.05) is 30.3 Å². The summed E-state index contributed by atoms with van der Waals surface area (Å²) in [5.41, 5.74) is 1.71. The Labute approximate surface area is 174 Å². The van der Waals surface area contributed by atoms with E-state index in [1.165, 1.54) is 0 Å². The molecule has 0 aliphatic carbocycles. The lowest BCUT2D eigenvalue weighted by Gasteiger charge is -2.14. The summed E-state index contributed by atoms with van der Waals surface area (Å²) in [5, 5.41) is 5.64. The fourth-order valence-corrected chi connectivity index (χ4v) is 2.62. The van der Waals surface area contributed by atoms with Gasteiger partial charge >= 0.3 is 5.97 Å². The number of hydrogen-bond donors (Lipinski definition) is 2. The third-order valence-corrected chi connectivity index (χ3v) is 4.19. The van der Waals surface area contributed by atoms with Gasteiger partial charge in [0.2, 0.25) is 5.91 Å². The molecular formula is C22H23ClN2O4. The molecule has 0 aliphatic heterocycles. The van der Waals surface area contributed by atoms with Gasteiger partial charge in [0.05, 0.1) is 5.57 Å². The fraction of sp³-hybridized carbons (Fsp3) is 0.227. The number of amides is 2. The monoisotopic (exact) mass is 414 g/mol. The van der Waals surface area contributed by atoms with E-state index in [1.54, 1.807) is 44.2 Å². The number of nitrogens with one attached hydrogen (secondary N) is 2. The van der Waals surface area contributed by atoms with Crippen molar-refractivity contribution in [1.82, 2.24) is 10.6 Å². The van der Waals surface area contributed by atoms with Crippen LogP contribution in [-0.4, -0.2) is 37.0 Å². The van der Waals surface area contributed by atoms with Crippen molar-refractivity contribution in [3.8, 4) is 0 Å². The summed E-state index contributed by atoms with van der Waals surface area (Å²) in [6.45, 7) is 3.30. The zero-order valence-corrected chi connectivity index (χ0v) is 17.0. The molecule has 2 aromatic carbocycles. The van der Waals surface area contributed by atoms with Crippen molar-refractivity contribution >= 4 is 41.0 Å². The second kappa shape index (κ2) is 11.0. The molecular weight excluding hydrogens is 392 g/mol. The first kappa shape index (κ1) is 22.2. The molecule has 0 saturated heterocycles. The minimum atomic E-state index is -0.725. The molecule has 0 aromatic heterocycles. The minimum absolute atomic E-state index is 0.289. The Hall–Kier alpha value is -3.12. The lowest BCUT2D eigenvalue weighted by atomic mass is 10.0. The topological polar surface area (TPSA) is 84.5 Å². The van der Waals surface area contributed by atoms with Crippen LogP contribution in [0.3, 0.4) is 0 Å². The molecule has 2 rings (SSSR count). The van der Waals surface area contributed by atoms with E-state index in [4.69, 9.17) is 16.3 Å². The molecule has 0 spiro atoms. The van der Waals surface area contributed by atoms with Gasteiger partial charge in [-0.1, -0.05) is 54.1 Å². The van der Waals surface area contributed by atoms with Gasteiger partial charge in [-0.15, -0.1) is 0 Å². The second-order valence-corrected chi connectivity index (χ2v) is 6.67. The smallest absolute Gasteiger partial charge is 0.339 e. The second-order valence-electron chi connectivity index (χ2n) is 6.24. The Bertz CT molecular complexity index is 879. The highest BCUT2D eigenvalue weighted by molar-refractivity contribution is 6.30. The van der Waals surface area contributed by atoms with Crippen LogP contribution in [0, 0.1) is 0 Å². The van der Waals surface area contributed by atoms with Gasteiger partial charge in [-0.05, 0) is 43.2 Å². The molecule has 0 bridgehead atoms. The normalized spacial score (nSPS) is 12.0. The Morgan fingerprint density at radius 2 is 1.72 bits per heavy atom. The standard InChI is InChI=1S/C22H23ClN2O4/c1-3-24-21(27)15(2)25-20(26)14-29-22(28)19(13-16-7-5-4-6-8-16)17-9-11-18(23)12-10-17/h4-13,15H,3,14H2,1-2H3,(H,24,27)(H,25,26)/b19-13+/t15-/m0/s1. The van der Waals surface area contributed by atoms with Crippen LogP contribution >= 0.6 is 11.6 Å². The summed E-state index contributed by atoms with van der Waals surface area (Å²) >= 11 is 5.93. The predicted molar refractivity (Wildman–Crippen MR) is 113 cm³/mol. The molecule has 0 fully saturated rings. The maximum absolute atomic E-state index is 12.7. The van der Waals surface area contributed by atoms with Crippen LogP contribution in [0.15, 0.2) is 54.6 Å². The lowest BCUT2D eigenvalue weighted by Crippen LogP contribution is -2.46. The zero-order chi connectivity index (χ0) is 21.2. The predicted octanol–water partition coefficient (Wildman–Crippen LogP) is 3.06. The van der Waals surface area contributed by atoms with Gasteiger partial charge in [-0.25, -0.2) is 4.79 Å². The first-order valence-corrected chi connectivity index (χ1v) is 9.55. The maximum atomic E-state index is 12.7. The number of carbonyl (C=O) groups excluding carboxylic acids is 3. The number of benzene rings is 2. The summed E-state index contributed by atoms with van der Waals surface area (Å²) in [7, 11) is 0. The fourth-order valence-electron chi connectivity index (χ4n) is 2.49. The van der Waals surface area contributed by atoms with Crippen LogP contribution < -0.4 is 10.6 Å². The highest BCUT2D eigenvalue weighted by Gasteiger charge is 2.18. The Kier molecular flexibility index (Phi) is 8.43. The first-order valence-electron chi connectivity index (χ1n) is 9.17. The molecule has 0 unspecified atom stereocenters. The van der Waals surface area contributed by atoms with Crippen molar-refractivity contribution in [2.45, 2.75) is 19.9 Å². The van der Waals surface area contributed by atoms with Gasteiger partial charge in [-0.2, -0.15) is 0 Å². The molecule has 0 radical (unpaired) electrons. The van der Waals surface area contributed by atoms with Crippen molar-refractivity contribution in [3.05, 3.63) is 70.7 Å². The van der Waals surface area contributed by atoms with E-state index in [2.05, 4.69) is 10.6 Å². The molecule has 0 aliphatic rings. The molecule has 2 N–H and O–H groups in total. The highest BCUT2D eigenvalue weighted by atomic mass is 35.5. The average molecular weight is 415 g/mol. The number of ether oxygens (including phenoxy) is 1. The summed E-state index contributed by atoms with van der Waals surface area (Å²) in [6, 6.07) is 15.3. The van der Waals surface area contributed by atoms with Crippen LogP contribution in [-0.2, 0) is 19.1 Å². The number of carbonyl (C=O) groups is 3. The average Bonchev–Trinajstić information content (AvgIpc) is 2.72. The number of rotatable bonds is 8. The van der Waals surface area contributed by atoms with Crippen LogP contribution in [0.4, 0.5) is 0 Å². The number of likely N-dealkylation sites (N-methyl/N-ethyl adjacent to an activating group) is 1. The van der Waals surface area contributed by atoms with E-state index in [0.717, 1.165) is 5.56 Å². The van der Waals surface area contributed by atoms with E-state index in [9.17, 15) is 14.4 Å². The van der Waals surface area contributed by atoms with Gasteiger partial charge in [0, 0.05) is 11.6 Å². The van der Waals surface area contributed by atoms with Gasteiger partial charge in [0.25, 0.3) is 5.91 Å². The number of halogens is 1. The van der Waals surface area contributed by atoms with Crippen molar-refractivity contribution in [3.63, 3.8) is 0 Å². The van der Waals surface area contributed by atoms with E-state index >= 15 is 0 Å². The molecule has 29 heavy (non-hydrogen) atoms. The minimum Gasteiger partial charge on any atom is -0.452 e. The van der Waals surface area contributed by atoms with Gasteiger partial charge in [0.1, 0.15) is 6.04 Å². The molecule has 152 valence electrons. The summed E-state index contributed by atoms with van der Waals surface area (Å²) < 4.78 is 5.18. The van der Waals surface area contributed by atoms with E-state index < -0.39 is 24.5 Å². The highest BCUT2D eigenvalue weighted by Crippen LogP contribution is 2.22. The quantitative estimate of drug-likeness (QED) is 0.395. The van der Waals surface area contributed by atoms with E-state index in [-0.39, 0.29) is 11.5 Å². The van der Waals surface area contributed by atoms with Gasteiger partial charge in [0.15, 0.2) is 6.61 Å².